The molecule has 1 heterocycles. The summed E-state index contributed by atoms with van der Waals surface area (Å²) >= 11 is 0. The third kappa shape index (κ3) is 3.54. The van der Waals surface area contributed by atoms with Crippen LogP contribution in [0.5, 0.6) is 0 Å². The zero-order valence-corrected chi connectivity index (χ0v) is 12.0. The number of benzene rings is 1. The molecule has 1 aromatic heterocycles. The van der Waals surface area contributed by atoms with Gasteiger partial charge in [0.1, 0.15) is 11.4 Å². The zero-order chi connectivity index (χ0) is 14.6. The largest absolute Gasteiger partial charge is 0.356 e. The normalized spacial score (nSPS) is 12.3. The Morgan fingerprint density at radius 3 is 2.70 bits per heavy atom. The van der Waals surface area contributed by atoms with Crippen LogP contribution in [0.2, 0.25) is 0 Å². The third-order valence-corrected chi connectivity index (χ3v) is 4.03. The summed E-state index contributed by atoms with van der Waals surface area (Å²) in [4.78, 5) is 0. The monoisotopic (exact) mass is 300 g/mol. The lowest BCUT2D eigenvalue weighted by atomic mass is 10.2. The van der Waals surface area contributed by atoms with Gasteiger partial charge in [-0.3, -0.25) is 0 Å². The van der Waals surface area contributed by atoms with Gasteiger partial charge in [-0.05, 0) is 12.1 Å². The van der Waals surface area contributed by atoms with Crippen LogP contribution in [0.4, 0.5) is 0 Å². The lowest BCUT2D eigenvalue weighted by Crippen LogP contribution is -2.34. The molecule has 0 atom stereocenters. The lowest BCUT2D eigenvalue weighted by molar-refractivity contribution is -0.0960. The van der Waals surface area contributed by atoms with Crippen molar-refractivity contribution in [2.24, 2.45) is 0 Å². The van der Waals surface area contributed by atoms with E-state index in [1.807, 2.05) is 0 Å². The number of methoxy groups -OCH3 is 2. The molecule has 110 valence electrons. The van der Waals surface area contributed by atoms with Crippen LogP contribution in [0.3, 0.4) is 0 Å². The number of hydrogen-bond acceptors (Lipinski definition) is 6. The standard InChI is InChI=1S/C12H16N2O5S/c1-17-12(18-2)7-13-20(15,16)8-10-9-5-3-4-6-11(9)19-14-10/h3-6,12-13H,7-8H2,1-2H3. The van der Waals surface area contributed by atoms with Crippen molar-refractivity contribution in [1.82, 2.24) is 9.88 Å². The van der Waals surface area contributed by atoms with Crippen molar-refractivity contribution in [2.75, 3.05) is 20.8 Å². The molecule has 0 fully saturated rings. The molecule has 2 rings (SSSR count). The molecule has 7 nitrogen and oxygen atoms in total. The van der Waals surface area contributed by atoms with Gasteiger partial charge in [0.05, 0.1) is 6.54 Å². The molecule has 0 unspecified atom stereocenters. The molecule has 20 heavy (non-hydrogen) atoms. The maximum Gasteiger partial charge on any atom is 0.217 e. The molecule has 0 spiro atoms. The summed E-state index contributed by atoms with van der Waals surface area (Å²) in [6, 6.07) is 7.10. The maximum absolute atomic E-state index is 12.0. The van der Waals surface area contributed by atoms with E-state index in [-0.39, 0.29) is 12.3 Å². The summed E-state index contributed by atoms with van der Waals surface area (Å²) < 4.78 is 41.3. The van der Waals surface area contributed by atoms with E-state index in [0.29, 0.717) is 16.7 Å². The highest BCUT2D eigenvalue weighted by molar-refractivity contribution is 7.88. The van der Waals surface area contributed by atoms with Gasteiger partial charge in [0.15, 0.2) is 11.9 Å². The van der Waals surface area contributed by atoms with Crippen molar-refractivity contribution in [3.05, 3.63) is 30.0 Å². The van der Waals surface area contributed by atoms with Crippen molar-refractivity contribution in [1.29, 1.82) is 0 Å². The Morgan fingerprint density at radius 2 is 2.00 bits per heavy atom. The second-order valence-corrected chi connectivity index (χ2v) is 5.94. The van der Waals surface area contributed by atoms with Gasteiger partial charge >= 0.3 is 0 Å². The molecular formula is C12H16N2O5S. The van der Waals surface area contributed by atoms with Gasteiger partial charge in [0.25, 0.3) is 0 Å². The van der Waals surface area contributed by atoms with Crippen LogP contribution < -0.4 is 4.72 Å². The van der Waals surface area contributed by atoms with Crippen molar-refractivity contribution in [3.63, 3.8) is 0 Å². The molecule has 0 amide bonds. The van der Waals surface area contributed by atoms with Crippen LogP contribution in [0.25, 0.3) is 11.0 Å². The van der Waals surface area contributed by atoms with E-state index in [0.717, 1.165) is 0 Å². The quantitative estimate of drug-likeness (QED) is 0.763. The smallest absolute Gasteiger partial charge is 0.217 e. The minimum atomic E-state index is -3.54. The Balaban J connectivity index is 2.08. The number of hydrogen-bond donors (Lipinski definition) is 1. The van der Waals surface area contributed by atoms with Crippen molar-refractivity contribution < 1.29 is 22.4 Å². The SMILES string of the molecule is COC(CNS(=O)(=O)Cc1noc2ccccc12)OC. The molecule has 0 aliphatic rings. The first-order valence-corrected chi connectivity index (χ1v) is 7.57. The van der Waals surface area contributed by atoms with E-state index in [9.17, 15) is 8.42 Å². The molecule has 0 aliphatic carbocycles. The van der Waals surface area contributed by atoms with E-state index < -0.39 is 16.3 Å². The first-order valence-electron chi connectivity index (χ1n) is 5.92. The summed E-state index contributed by atoms with van der Waals surface area (Å²) in [6.45, 7) is 0.0329. The number of para-hydroxylation sites is 1. The first kappa shape index (κ1) is 14.9. The second-order valence-electron chi connectivity index (χ2n) is 4.13. The van der Waals surface area contributed by atoms with Gasteiger partial charge in [-0.1, -0.05) is 17.3 Å². The highest BCUT2D eigenvalue weighted by Gasteiger charge is 2.18. The Morgan fingerprint density at radius 1 is 1.30 bits per heavy atom. The van der Waals surface area contributed by atoms with Crippen LogP contribution >= 0.6 is 0 Å². The molecule has 0 aliphatic heterocycles. The van der Waals surface area contributed by atoms with Crippen LogP contribution in [0, 0.1) is 0 Å². The van der Waals surface area contributed by atoms with E-state index in [1.165, 1.54) is 14.2 Å². The van der Waals surface area contributed by atoms with Crippen molar-refractivity contribution in [2.45, 2.75) is 12.0 Å². The number of rotatable bonds is 7. The number of nitrogens with one attached hydrogen (secondary N) is 1. The summed E-state index contributed by atoms with van der Waals surface area (Å²) in [5, 5.41) is 4.48. The fourth-order valence-corrected chi connectivity index (χ4v) is 2.79. The second kappa shape index (κ2) is 6.31. The molecular weight excluding hydrogens is 284 g/mol. The van der Waals surface area contributed by atoms with Gasteiger partial charge < -0.3 is 14.0 Å². The van der Waals surface area contributed by atoms with Crippen LogP contribution in [-0.4, -0.2) is 40.6 Å². The molecule has 8 heteroatoms. The van der Waals surface area contributed by atoms with Gasteiger partial charge in [0.2, 0.25) is 10.0 Å². The predicted octanol–water partition coefficient (Wildman–Crippen LogP) is 0.866. The number of aromatic nitrogens is 1. The fraction of sp³-hybridized carbons (Fsp3) is 0.417. The maximum atomic E-state index is 12.0. The van der Waals surface area contributed by atoms with E-state index in [2.05, 4.69) is 9.88 Å². The highest BCUT2D eigenvalue weighted by Crippen LogP contribution is 2.19. The van der Waals surface area contributed by atoms with Gasteiger partial charge in [0, 0.05) is 19.6 Å². The van der Waals surface area contributed by atoms with Gasteiger partial charge in [-0.2, -0.15) is 0 Å². The minimum Gasteiger partial charge on any atom is -0.356 e. The number of nitrogens with zero attached hydrogens (tertiary/aromatic N) is 1. The summed E-state index contributed by atoms with van der Waals surface area (Å²) in [5.74, 6) is -0.260. The summed E-state index contributed by atoms with van der Waals surface area (Å²) in [5.41, 5.74) is 0.934. The van der Waals surface area contributed by atoms with Crippen LogP contribution in [0.1, 0.15) is 5.69 Å². The van der Waals surface area contributed by atoms with Crippen LogP contribution in [0.15, 0.2) is 28.8 Å². The number of ether oxygens (including phenoxy) is 2. The fourth-order valence-electron chi connectivity index (χ4n) is 1.73. The van der Waals surface area contributed by atoms with E-state index >= 15 is 0 Å². The summed E-state index contributed by atoms with van der Waals surface area (Å²) in [7, 11) is -0.668. The van der Waals surface area contributed by atoms with Crippen molar-refractivity contribution in [3.8, 4) is 0 Å². The molecule has 2 aromatic rings. The molecule has 0 radical (unpaired) electrons. The predicted molar refractivity (Wildman–Crippen MR) is 72.4 cm³/mol. The third-order valence-electron chi connectivity index (χ3n) is 2.77. The van der Waals surface area contributed by atoms with Gasteiger partial charge in [-0.25, -0.2) is 13.1 Å². The van der Waals surface area contributed by atoms with E-state index in [4.69, 9.17) is 14.0 Å². The Bertz CT molecular complexity index is 663. The Kier molecular flexibility index (Phi) is 4.71. The number of sulfonamides is 1. The zero-order valence-electron chi connectivity index (χ0n) is 11.2. The number of fused-ring (bicyclic) bond motifs is 1. The van der Waals surface area contributed by atoms with E-state index in [1.54, 1.807) is 24.3 Å². The molecule has 1 N–H and O–H groups in total. The molecule has 0 saturated heterocycles. The summed E-state index contributed by atoms with van der Waals surface area (Å²) in [6.07, 6.45) is -0.626. The lowest BCUT2D eigenvalue weighted by Gasteiger charge is -2.13. The first-order chi connectivity index (χ1) is 9.55. The molecule has 0 saturated carbocycles. The average Bonchev–Trinajstić information content (AvgIpc) is 2.83. The molecule has 1 aromatic carbocycles. The highest BCUT2D eigenvalue weighted by atomic mass is 32.2. The molecule has 0 bridgehead atoms. The van der Waals surface area contributed by atoms with Gasteiger partial charge in [-0.15, -0.1) is 0 Å². The topological polar surface area (TPSA) is 90.7 Å². The van der Waals surface area contributed by atoms with Crippen LogP contribution in [-0.2, 0) is 25.2 Å². The van der Waals surface area contributed by atoms with Crippen molar-refractivity contribution >= 4 is 21.0 Å². The Labute approximate surface area is 116 Å². The Hall–Kier alpha value is -1.48. The average molecular weight is 300 g/mol. The minimum absolute atomic E-state index is 0.0329.